The van der Waals surface area contributed by atoms with Gasteiger partial charge in [-0.3, -0.25) is 19.4 Å². The van der Waals surface area contributed by atoms with Crippen molar-refractivity contribution in [1.29, 1.82) is 0 Å². The lowest BCUT2D eigenvalue weighted by Gasteiger charge is -2.30. The van der Waals surface area contributed by atoms with E-state index in [1.165, 1.54) is 0 Å². The molecule has 24 heavy (non-hydrogen) atoms. The van der Waals surface area contributed by atoms with E-state index in [0.717, 1.165) is 45.7 Å². The highest BCUT2D eigenvalue weighted by atomic mass is 16.2. The topological polar surface area (TPSA) is 55.9 Å². The molecular weight excluding hydrogens is 304 g/mol. The third kappa shape index (κ3) is 4.57. The van der Waals surface area contributed by atoms with E-state index in [1.54, 1.807) is 13.0 Å². The Morgan fingerprint density at radius 1 is 1.25 bits per heavy atom. The Hall–Kier alpha value is -1.40. The van der Waals surface area contributed by atoms with Crippen molar-refractivity contribution < 1.29 is 9.59 Å². The number of hydrogen-bond acceptors (Lipinski definition) is 4. The van der Waals surface area contributed by atoms with Crippen LogP contribution in [0.3, 0.4) is 0 Å². The molecule has 6 heteroatoms. The van der Waals surface area contributed by atoms with Crippen molar-refractivity contribution in [2.75, 3.05) is 45.8 Å². The molecule has 0 spiro atoms. The number of nitrogens with zero attached hydrogens (tertiary/aromatic N) is 3. The van der Waals surface area contributed by atoms with Crippen LogP contribution in [0, 0.1) is 5.92 Å². The third-order valence-corrected chi connectivity index (χ3v) is 5.39. The molecule has 2 aliphatic rings. The summed E-state index contributed by atoms with van der Waals surface area (Å²) >= 11 is 0. The minimum absolute atomic E-state index is 0.0707. The molecule has 2 rings (SSSR count). The van der Waals surface area contributed by atoms with Gasteiger partial charge in [0.25, 0.3) is 0 Å². The standard InChI is InChI=1S/C18H32N4O2/c1-5-7-19-18(24)15(3)22-12-14(2)17(13-22)21-9-6-8-20(10-11-21)16(4)23/h5,14-15,17H,1,6-13H2,2-4H3,(H,19,24). The smallest absolute Gasteiger partial charge is 0.237 e. The van der Waals surface area contributed by atoms with Crippen LogP contribution < -0.4 is 5.32 Å². The van der Waals surface area contributed by atoms with Crippen LogP contribution in [0.15, 0.2) is 12.7 Å². The second-order valence-electron chi connectivity index (χ2n) is 7.10. The molecule has 2 saturated heterocycles. The highest BCUT2D eigenvalue weighted by molar-refractivity contribution is 5.81. The van der Waals surface area contributed by atoms with E-state index in [4.69, 9.17) is 0 Å². The molecular formula is C18H32N4O2. The van der Waals surface area contributed by atoms with Gasteiger partial charge in [-0.2, -0.15) is 0 Å². The van der Waals surface area contributed by atoms with E-state index in [9.17, 15) is 9.59 Å². The van der Waals surface area contributed by atoms with E-state index in [1.807, 2.05) is 11.8 Å². The normalized spacial score (nSPS) is 27.5. The first-order valence-electron chi connectivity index (χ1n) is 9.06. The molecule has 136 valence electrons. The quantitative estimate of drug-likeness (QED) is 0.745. The summed E-state index contributed by atoms with van der Waals surface area (Å²) < 4.78 is 0. The fraction of sp³-hybridized carbons (Fsp3) is 0.778. The van der Waals surface area contributed by atoms with Crippen LogP contribution in [-0.4, -0.2) is 84.4 Å². The van der Waals surface area contributed by atoms with Crippen LogP contribution in [0.4, 0.5) is 0 Å². The van der Waals surface area contributed by atoms with Crippen LogP contribution in [-0.2, 0) is 9.59 Å². The minimum atomic E-state index is -0.113. The van der Waals surface area contributed by atoms with Gasteiger partial charge in [0, 0.05) is 58.8 Å². The zero-order valence-corrected chi connectivity index (χ0v) is 15.3. The average molecular weight is 336 g/mol. The van der Waals surface area contributed by atoms with Crippen molar-refractivity contribution in [3.05, 3.63) is 12.7 Å². The van der Waals surface area contributed by atoms with E-state index in [-0.39, 0.29) is 17.9 Å². The molecule has 6 nitrogen and oxygen atoms in total. The Labute approximate surface area is 145 Å². The number of likely N-dealkylation sites (tertiary alicyclic amines) is 1. The Bertz CT molecular complexity index is 468. The maximum atomic E-state index is 12.2. The summed E-state index contributed by atoms with van der Waals surface area (Å²) in [5.41, 5.74) is 0. The Morgan fingerprint density at radius 3 is 2.67 bits per heavy atom. The van der Waals surface area contributed by atoms with E-state index < -0.39 is 0 Å². The van der Waals surface area contributed by atoms with E-state index >= 15 is 0 Å². The molecule has 2 fully saturated rings. The van der Waals surface area contributed by atoms with Gasteiger partial charge in [-0.1, -0.05) is 13.0 Å². The summed E-state index contributed by atoms with van der Waals surface area (Å²) in [6.45, 7) is 15.6. The molecule has 3 unspecified atom stereocenters. The van der Waals surface area contributed by atoms with Gasteiger partial charge in [-0.25, -0.2) is 0 Å². The van der Waals surface area contributed by atoms with Crippen LogP contribution in [0.25, 0.3) is 0 Å². The van der Waals surface area contributed by atoms with Gasteiger partial charge in [0.05, 0.1) is 6.04 Å². The number of rotatable bonds is 5. The van der Waals surface area contributed by atoms with Crippen molar-refractivity contribution in [3.63, 3.8) is 0 Å². The summed E-state index contributed by atoms with van der Waals surface area (Å²) in [7, 11) is 0. The van der Waals surface area contributed by atoms with Gasteiger partial charge in [-0.05, 0) is 19.3 Å². The van der Waals surface area contributed by atoms with E-state index in [0.29, 0.717) is 18.5 Å². The van der Waals surface area contributed by atoms with Crippen molar-refractivity contribution in [2.24, 2.45) is 5.92 Å². The molecule has 0 aromatic carbocycles. The summed E-state index contributed by atoms with van der Waals surface area (Å²) in [5.74, 6) is 0.773. The first kappa shape index (κ1) is 18.9. The second-order valence-corrected chi connectivity index (χ2v) is 7.10. The predicted molar refractivity (Wildman–Crippen MR) is 95.6 cm³/mol. The molecule has 0 aliphatic carbocycles. The molecule has 2 amide bonds. The zero-order chi connectivity index (χ0) is 17.7. The van der Waals surface area contributed by atoms with Gasteiger partial charge in [-0.15, -0.1) is 6.58 Å². The lowest BCUT2D eigenvalue weighted by Crippen LogP contribution is -2.46. The predicted octanol–water partition coefficient (Wildman–Crippen LogP) is 0.552. The van der Waals surface area contributed by atoms with Gasteiger partial charge < -0.3 is 10.2 Å². The second kappa shape index (κ2) is 8.62. The SMILES string of the molecule is C=CCNC(=O)C(C)N1CC(C)C(N2CCCN(C(C)=O)CC2)C1. The number of amides is 2. The fourth-order valence-electron chi connectivity index (χ4n) is 3.85. The molecule has 0 radical (unpaired) electrons. The summed E-state index contributed by atoms with van der Waals surface area (Å²) in [6.07, 6.45) is 2.73. The first-order chi connectivity index (χ1) is 11.4. The molecule has 0 aromatic heterocycles. The Balaban J connectivity index is 1.92. The molecule has 2 heterocycles. The average Bonchev–Trinajstić information content (AvgIpc) is 2.78. The van der Waals surface area contributed by atoms with Crippen molar-refractivity contribution in [2.45, 2.75) is 39.3 Å². The Kier molecular flexibility index (Phi) is 6.80. The first-order valence-corrected chi connectivity index (χ1v) is 9.06. The van der Waals surface area contributed by atoms with Gasteiger partial charge >= 0.3 is 0 Å². The summed E-state index contributed by atoms with van der Waals surface area (Å²) in [4.78, 5) is 30.5. The molecule has 1 N–H and O–H groups in total. The number of carbonyl (C=O) groups is 2. The minimum Gasteiger partial charge on any atom is -0.351 e. The molecule has 2 aliphatic heterocycles. The highest BCUT2D eigenvalue weighted by Gasteiger charge is 2.37. The monoisotopic (exact) mass is 336 g/mol. The number of nitrogens with one attached hydrogen (secondary N) is 1. The van der Waals surface area contributed by atoms with Gasteiger partial charge in [0.15, 0.2) is 0 Å². The number of carbonyl (C=O) groups excluding carboxylic acids is 2. The lowest BCUT2D eigenvalue weighted by molar-refractivity contribution is -0.128. The van der Waals surface area contributed by atoms with Gasteiger partial charge in [0.2, 0.25) is 11.8 Å². The van der Waals surface area contributed by atoms with Crippen LogP contribution in [0.2, 0.25) is 0 Å². The maximum absolute atomic E-state index is 12.2. The highest BCUT2D eigenvalue weighted by Crippen LogP contribution is 2.24. The zero-order valence-electron chi connectivity index (χ0n) is 15.3. The van der Waals surface area contributed by atoms with Crippen molar-refractivity contribution in [3.8, 4) is 0 Å². The Morgan fingerprint density at radius 2 is 2.00 bits per heavy atom. The summed E-state index contributed by atoms with van der Waals surface area (Å²) in [6, 6.07) is 0.352. The molecule has 0 bridgehead atoms. The fourth-order valence-corrected chi connectivity index (χ4v) is 3.85. The number of hydrogen-bond donors (Lipinski definition) is 1. The van der Waals surface area contributed by atoms with Crippen LogP contribution >= 0.6 is 0 Å². The maximum Gasteiger partial charge on any atom is 0.237 e. The van der Waals surface area contributed by atoms with Crippen molar-refractivity contribution >= 4 is 11.8 Å². The lowest BCUT2D eigenvalue weighted by atomic mass is 10.0. The molecule has 0 saturated carbocycles. The van der Waals surface area contributed by atoms with Crippen LogP contribution in [0.5, 0.6) is 0 Å². The van der Waals surface area contributed by atoms with E-state index in [2.05, 4.69) is 28.6 Å². The molecule has 0 aromatic rings. The molecule has 3 atom stereocenters. The van der Waals surface area contributed by atoms with Crippen molar-refractivity contribution in [1.82, 2.24) is 20.0 Å². The third-order valence-electron chi connectivity index (χ3n) is 5.39. The van der Waals surface area contributed by atoms with Gasteiger partial charge in [0.1, 0.15) is 0 Å². The van der Waals surface area contributed by atoms with Crippen LogP contribution in [0.1, 0.15) is 27.2 Å². The largest absolute Gasteiger partial charge is 0.351 e. The summed E-state index contributed by atoms with van der Waals surface area (Å²) in [5, 5.41) is 2.89.